The summed E-state index contributed by atoms with van der Waals surface area (Å²) in [5, 5.41) is 14.0. The number of benzene rings is 2. The summed E-state index contributed by atoms with van der Waals surface area (Å²) in [6.07, 6.45) is 7.37. The van der Waals surface area contributed by atoms with Crippen molar-refractivity contribution in [2.24, 2.45) is 7.05 Å². The standard InChI is InChI=1S/C24H26N2O2/c1-16-20-15-26(13-8-4-5-11-22(27)28)14-12-18(20)17(2)24-23(16)19-9-6-7-10-21(19)25(24)3/h6-7,9-10,12,14-15H,4-5,8,11,13H2,1-3H3/p+1. The first-order valence-electron chi connectivity index (χ1n) is 10.00. The molecule has 144 valence electrons. The maximum Gasteiger partial charge on any atom is 0.303 e. The third-order valence-electron chi connectivity index (χ3n) is 5.97. The van der Waals surface area contributed by atoms with Gasteiger partial charge in [0.2, 0.25) is 0 Å². The molecule has 0 unspecified atom stereocenters. The summed E-state index contributed by atoms with van der Waals surface area (Å²) in [6, 6.07) is 10.9. The molecule has 0 spiro atoms. The van der Waals surface area contributed by atoms with Crippen molar-refractivity contribution in [1.29, 1.82) is 0 Å². The van der Waals surface area contributed by atoms with Gasteiger partial charge >= 0.3 is 5.97 Å². The normalized spacial score (nSPS) is 11.7. The number of carboxylic acid groups (broad SMARTS) is 1. The molecule has 4 nitrogen and oxygen atoms in total. The molecule has 28 heavy (non-hydrogen) atoms. The van der Waals surface area contributed by atoms with Crippen molar-refractivity contribution in [3.8, 4) is 0 Å². The minimum atomic E-state index is -0.705. The first kappa shape index (κ1) is 18.5. The van der Waals surface area contributed by atoms with E-state index in [0.29, 0.717) is 0 Å². The summed E-state index contributed by atoms with van der Waals surface area (Å²) in [6.45, 7) is 5.37. The third kappa shape index (κ3) is 3.03. The maximum absolute atomic E-state index is 10.6. The lowest BCUT2D eigenvalue weighted by atomic mass is 9.97. The number of fused-ring (bicyclic) bond motifs is 4. The summed E-state index contributed by atoms with van der Waals surface area (Å²) in [4.78, 5) is 10.6. The lowest BCUT2D eigenvalue weighted by molar-refractivity contribution is -0.696. The average Bonchev–Trinajstić information content (AvgIpc) is 2.99. The topological polar surface area (TPSA) is 46.1 Å². The molecule has 0 aliphatic carbocycles. The second-order valence-corrected chi connectivity index (χ2v) is 7.76. The number of hydrogen-bond donors (Lipinski definition) is 1. The summed E-state index contributed by atoms with van der Waals surface area (Å²) in [5.41, 5.74) is 5.23. The van der Waals surface area contributed by atoms with Crippen LogP contribution in [0.2, 0.25) is 0 Å². The molecule has 2 aromatic carbocycles. The van der Waals surface area contributed by atoms with Gasteiger partial charge in [-0.15, -0.1) is 0 Å². The number of carboxylic acids is 1. The second-order valence-electron chi connectivity index (χ2n) is 7.76. The van der Waals surface area contributed by atoms with Crippen molar-refractivity contribution in [2.75, 3.05) is 0 Å². The third-order valence-corrected chi connectivity index (χ3v) is 5.97. The number of para-hydroxylation sites is 1. The molecular formula is C24H27N2O2+. The van der Waals surface area contributed by atoms with E-state index in [0.717, 1.165) is 25.8 Å². The lowest BCUT2D eigenvalue weighted by Crippen LogP contribution is -2.32. The van der Waals surface area contributed by atoms with E-state index in [4.69, 9.17) is 5.11 Å². The molecule has 0 fully saturated rings. The van der Waals surface area contributed by atoms with E-state index in [1.54, 1.807) is 0 Å². The van der Waals surface area contributed by atoms with Gasteiger partial charge in [-0.25, -0.2) is 4.57 Å². The predicted molar refractivity (Wildman–Crippen MR) is 114 cm³/mol. The van der Waals surface area contributed by atoms with Gasteiger partial charge in [-0.2, -0.15) is 0 Å². The molecule has 1 N–H and O–H groups in total. The van der Waals surface area contributed by atoms with Crippen molar-refractivity contribution in [2.45, 2.75) is 46.1 Å². The first-order chi connectivity index (χ1) is 13.5. The smallest absolute Gasteiger partial charge is 0.303 e. The number of aliphatic carboxylic acids is 1. The highest BCUT2D eigenvalue weighted by molar-refractivity contribution is 6.16. The van der Waals surface area contributed by atoms with Crippen LogP contribution in [0.4, 0.5) is 0 Å². The fourth-order valence-corrected chi connectivity index (χ4v) is 4.52. The Bertz CT molecular complexity index is 1200. The lowest BCUT2D eigenvalue weighted by Gasteiger charge is -2.10. The molecule has 0 saturated heterocycles. The van der Waals surface area contributed by atoms with Crippen LogP contribution in [0, 0.1) is 13.8 Å². The Morgan fingerprint density at radius 1 is 1.00 bits per heavy atom. The molecule has 4 aromatic rings. The Balaban J connectivity index is 1.77. The van der Waals surface area contributed by atoms with Crippen molar-refractivity contribution in [3.63, 3.8) is 0 Å². The molecule has 0 amide bonds. The van der Waals surface area contributed by atoms with E-state index in [9.17, 15) is 4.79 Å². The van der Waals surface area contributed by atoms with Crippen LogP contribution in [0.1, 0.15) is 36.8 Å². The maximum atomic E-state index is 10.6. The zero-order valence-electron chi connectivity index (χ0n) is 16.8. The number of nitrogens with zero attached hydrogens (tertiary/aromatic N) is 2. The fourth-order valence-electron chi connectivity index (χ4n) is 4.52. The number of aromatic nitrogens is 2. The fraction of sp³-hybridized carbons (Fsp3) is 0.333. The van der Waals surface area contributed by atoms with E-state index in [1.807, 2.05) is 0 Å². The minimum absolute atomic E-state index is 0.264. The monoisotopic (exact) mass is 375 g/mol. The molecule has 4 heteroatoms. The summed E-state index contributed by atoms with van der Waals surface area (Å²) in [7, 11) is 2.16. The van der Waals surface area contributed by atoms with E-state index in [2.05, 4.69) is 72.8 Å². The Morgan fingerprint density at radius 3 is 2.57 bits per heavy atom. The van der Waals surface area contributed by atoms with Gasteiger partial charge in [0.05, 0.1) is 5.52 Å². The van der Waals surface area contributed by atoms with E-state index in [-0.39, 0.29) is 6.42 Å². The van der Waals surface area contributed by atoms with Gasteiger partial charge in [0.25, 0.3) is 0 Å². The highest BCUT2D eigenvalue weighted by Crippen LogP contribution is 2.37. The first-order valence-corrected chi connectivity index (χ1v) is 10.00. The highest BCUT2D eigenvalue weighted by atomic mass is 16.4. The molecule has 2 heterocycles. The minimum Gasteiger partial charge on any atom is -0.481 e. The SMILES string of the molecule is Cc1c2c[n+](CCCCCC(=O)O)ccc2c(C)c2c1c1ccccc1n2C. The molecule has 0 radical (unpaired) electrons. The molecule has 4 rings (SSSR count). The number of carbonyl (C=O) groups is 1. The van der Waals surface area contributed by atoms with Gasteiger partial charge in [0.15, 0.2) is 12.4 Å². The molecule has 0 atom stereocenters. The Labute approximate surface area is 165 Å². The zero-order valence-corrected chi connectivity index (χ0v) is 16.8. The van der Waals surface area contributed by atoms with Crippen molar-refractivity contribution in [3.05, 3.63) is 53.9 Å². The van der Waals surface area contributed by atoms with Gasteiger partial charge in [-0.1, -0.05) is 18.2 Å². The van der Waals surface area contributed by atoms with Crippen LogP contribution in [0.3, 0.4) is 0 Å². The summed E-state index contributed by atoms with van der Waals surface area (Å²) >= 11 is 0. The second kappa shape index (κ2) is 7.27. The number of pyridine rings is 1. The van der Waals surface area contributed by atoms with Gasteiger partial charge in [0, 0.05) is 47.6 Å². The van der Waals surface area contributed by atoms with Crippen LogP contribution < -0.4 is 4.57 Å². The van der Waals surface area contributed by atoms with E-state index in [1.165, 1.54) is 43.7 Å². The summed E-state index contributed by atoms with van der Waals surface area (Å²) in [5.74, 6) is -0.705. The highest BCUT2D eigenvalue weighted by Gasteiger charge is 2.18. The van der Waals surface area contributed by atoms with Crippen LogP contribution in [-0.4, -0.2) is 15.6 Å². The molecule has 0 saturated carbocycles. The summed E-state index contributed by atoms with van der Waals surface area (Å²) < 4.78 is 4.56. The Hall–Kier alpha value is -2.88. The van der Waals surface area contributed by atoms with Crippen LogP contribution in [0.15, 0.2) is 42.7 Å². The number of hydrogen-bond acceptors (Lipinski definition) is 1. The van der Waals surface area contributed by atoms with Gasteiger partial charge in [-0.3, -0.25) is 4.79 Å². The van der Waals surface area contributed by atoms with E-state index < -0.39 is 5.97 Å². The Morgan fingerprint density at radius 2 is 1.79 bits per heavy atom. The van der Waals surface area contributed by atoms with Crippen LogP contribution in [0.5, 0.6) is 0 Å². The molecule has 0 bridgehead atoms. The van der Waals surface area contributed by atoms with Crippen molar-refractivity contribution in [1.82, 2.24) is 4.57 Å². The quantitative estimate of drug-likeness (QED) is 0.379. The molecular weight excluding hydrogens is 348 g/mol. The van der Waals surface area contributed by atoms with Gasteiger partial charge < -0.3 is 9.67 Å². The zero-order chi connectivity index (χ0) is 19.8. The molecule has 0 aliphatic rings. The average molecular weight is 375 g/mol. The number of unbranched alkanes of at least 4 members (excludes halogenated alkanes) is 2. The molecule has 2 aromatic heterocycles. The predicted octanol–water partition coefficient (Wildman–Crippen LogP) is 5.03. The van der Waals surface area contributed by atoms with Crippen LogP contribution >= 0.6 is 0 Å². The van der Waals surface area contributed by atoms with E-state index >= 15 is 0 Å². The number of rotatable bonds is 6. The number of aryl methyl sites for hydroxylation is 4. The van der Waals surface area contributed by atoms with Crippen molar-refractivity contribution >= 4 is 38.5 Å². The Kier molecular flexibility index (Phi) is 4.80. The van der Waals surface area contributed by atoms with Crippen LogP contribution in [-0.2, 0) is 18.4 Å². The van der Waals surface area contributed by atoms with Crippen LogP contribution in [0.25, 0.3) is 32.6 Å². The molecule has 0 aliphatic heterocycles. The van der Waals surface area contributed by atoms with Crippen molar-refractivity contribution < 1.29 is 14.5 Å². The van der Waals surface area contributed by atoms with Gasteiger partial charge in [0.1, 0.15) is 6.54 Å². The van der Waals surface area contributed by atoms with Gasteiger partial charge in [-0.05, 0) is 49.3 Å². The largest absolute Gasteiger partial charge is 0.481 e.